The van der Waals surface area contributed by atoms with E-state index in [-0.39, 0.29) is 0 Å². The number of fused-ring (bicyclic) bond motifs is 1. The van der Waals surface area contributed by atoms with Crippen molar-refractivity contribution >= 4 is 38.7 Å². The van der Waals surface area contributed by atoms with Gasteiger partial charge in [0.25, 0.3) is 0 Å². The van der Waals surface area contributed by atoms with Crippen LogP contribution in [-0.2, 0) is 6.54 Å². The molecule has 102 valence electrons. The second-order valence-corrected chi connectivity index (χ2v) is 6.90. The molecule has 0 aliphatic carbocycles. The van der Waals surface area contributed by atoms with E-state index in [2.05, 4.69) is 50.9 Å². The lowest BCUT2D eigenvalue weighted by atomic mass is 10.3. The number of imidazole rings is 1. The van der Waals surface area contributed by atoms with Gasteiger partial charge in [-0.3, -0.25) is 0 Å². The Morgan fingerprint density at radius 2 is 2.42 bits per heavy atom. The number of nitrogens with zero attached hydrogens (tertiary/aromatic N) is 2. The van der Waals surface area contributed by atoms with Crippen LogP contribution in [-0.4, -0.2) is 27.6 Å². The Bertz CT molecular complexity index is 575. The summed E-state index contributed by atoms with van der Waals surface area (Å²) in [5.74, 6) is 3.52. The van der Waals surface area contributed by atoms with E-state index in [0.29, 0.717) is 6.04 Å². The minimum Gasteiger partial charge on any atom is -0.327 e. The molecule has 1 saturated heterocycles. The van der Waals surface area contributed by atoms with Crippen LogP contribution < -0.4 is 5.32 Å². The highest BCUT2D eigenvalue weighted by molar-refractivity contribution is 9.10. The summed E-state index contributed by atoms with van der Waals surface area (Å²) in [6.07, 6.45) is 1.13. The third kappa shape index (κ3) is 2.69. The molecular weight excluding hydrogens is 322 g/mol. The van der Waals surface area contributed by atoms with E-state index in [1.807, 2.05) is 11.8 Å². The number of halogens is 1. The standard InChI is InChI=1S/C14H18BrN3S/c1-2-6-18-13-4-3-10(15)8-11(13)17-14(18)12-9-19-7-5-16-12/h3-4,8,12,16H,2,5-7,9H2,1H3. The number of thioether (sulfide) groups is 1. The summed E-state index contributed by atoms with van der Waals surface area (Å²) in [5, 5.41) is 3.59. The molecule has 0 bridgehead atoms. The van der Waals surface area contributed by atoms with E-state index in [0.717, 1.165) is 35.3 Å². The van der Waals surface area contributed by atoms with E-state index in [4.69, 9.17) is 4.98 Å². The minimum absolute atomic E-state index is 0.386. The van der Waals surface area contributed by atoms with Crippen molar-refractivity contribution in [3.8, 4) is 0 Å². The SMILES string of the molecule is CCCn1c(C2CSCCN2)nc2cc(Br)ccc21. The molecule has 0 radical (unpaired) electrons. The normalized spacial score (nSPS) is 20.0. The van der Waals surface area contributed by atoms with E-state index in [9.17, 15) is 0 Å². The molecular formula is C14H18BrN3S. The fourth-order valence-corrected chi connectivity index (χ4v) is 3.86. The molecule has 3 nitrogen and oxygen atoms in total. The summed E-state index contributed by atoms with van der Waals surface area (Å²) in [6, 6.07) is 6.77. The van der Waals surface area contributed by atoms with Crippen LogP contribution >= 0.6 is 27.7 Å². The zero-order chi connectivity index (χ0) is 13.2. The molecule has 2 aromatic rings. The third-order valence-electron chi connectivity index (χ3n) is 3.42. The van der Waals surface area contributed by atoms with Gasteiger partial charge in [-0.15, -0.1) is 0 Å². The third-order valence-corrected chi connectivity index (χ3v) is 4.98. The Labute approximate surface area is 126 Å². The van der Waals surface area contributed by atoms with Gasteiger partial charge >= 0.3 is 0 Å². The maximum atomic E-state index is 4.87. The second kappa shape index (κ2) is 5.85. The summed E-state index contributed by atoms with van der Waals surface area (Å²) in [7, 11) is 0. The molecule has 0 amide bonds. The Balaban J connectivity index is 2.08. The molecule has 2 heterocycles. The van der Waals surface area contributed by atoms with Gasteiger partial charge in [0, 0.05) is 29.1 Å². The first-order valence-electron chi connectivity index (χ1n) is 6.76. The van der Waals surface area contributed by atoms with Crippen molar-refractivity contribution in [2.75, 3.05) is 18.1 Å². The maximum Gasteiger partial charge on any atom is 0.127 e. The minimum atomic E-state index is 0.386. The van der Waals surface area contributed by atoms with E-state index >= 15 is 0 Å². The number of hydrogen-bond donors (Lipinski definition) is 1. The van der Waals surface area contributed by atoms with Gasteiger partial charge < -0.3 is 9.88 Å². The van der Waals surface area contributed by atoms with Gasteiger partial charge in [0.05, 0.1) is 17.1 Å². The van der Waals surface area contributed by atoms with Gasteiger partial charge in [0.1, 0.15) is 5.82 Å². The summed E-state index contributed by atoms with van der Waals surface area (Å²) >= 11 is 5.54. The number of rotatable bonds is 3. The molecule has 1 unspecified atom stereocenters. The summed E-state index contributed by atoms with van der Waals surface area (Å²) in [6.45, 7) is 4.34. The van der Waals surface area contributed by atoms with Crippen LogP contribution in [0, 0.1) is 0 Å². The molecule has 1 N–H and O–H groups in total. The molecule has 1 aliphatic rings. The Morgan fingerprint density at radius 3 is 3.16 bits per heavy atom. The average molecular weight is 340 g/mol. The lowest BCUT2D eigenvalue weighted by Crippen LogP contribution is -2.32. The summed E-state index contributed by atoms with van der Waals surface area (Å²) in [4.78, 5) is 4.87. The van der Waals surface area contributed by atoms with E-state index in [1.54, 1.807) is 0 Å². The molecule has 1 fully saturated rings. The monoisotopic (exact) mass is 339 g/mol. The van der Waals surface area contributed by atoms with Crippen LogP contribution in [0.5, 0.6) is 0 Å². The molecule has 1 aromatic carbocycles. The maximum absolute atomic E-state index is 4.87. The number of aryl methyl sites for hydroxylation is 1. The van der Waals surface area contributed by atoms with Crippen molar-refractivity contribution < 1.29 is 0 Å². The molecule has 3 rings (SSSR count). The first-order chi connectivity index (χ1) is 9.29. The first kappa shape index (κ1) is 13.5. The molecule has 0 spiro atoms. The number of hydrogen-bond acceptors (Lipinski definition) is 3. The van der Waals surface area contributed by atoms with Crippen LogP contribution in [0.15, 0.2) is 22.7 Å². The lowest BCUT2D eigenvalue weighted by Gasteiger charge is -2.23. The van der Waals surface area contributed by atoms with Crippen LogP contribution in [0.3, 0.4) is 0 Å². The van der Waals surface area contributed by atoms with Gasteiger partial charge in [-0.05, 0) is 24.6 Å². The zero-order valence-electron chi connectivity index (χ0n) is 11.0. The zero-order valence-corrected chi connectivity index (χ0v) is 13.4. The van der Waals surface area contributed by atoms with Crippen LogP contribution in [0.2, 0.25) is 0 Å². The van der Waals surface area contributed by atoms with Crippen molar-refractivity contribution in [1.29, 1.82) is 0 Å². The predicted molar refractivity (Wildman–Crippen MR) is 85.8 cm³/mol. The van der Waals surface area contributed by atoms with Crippen LogP contribution in [0.4, 0.5) is 0 Å². The van der Waals surface area contributed by atoms with Gasteiger partial charge in [-0.1, -0.05) is 22.9 Å². The molecule has 1 aromatic heterocycles. The summed E-state index contributed by atoms with van der Waals surface area (Å²) in [5.41, 5.74) is 2.34. The fourth-order valence-electron chi connectivity index (χ4n) is 2.58. The van der Waals surface area contributed by atoms with Crippen molar-refractivity contribution in [2.24, 2.45) is 0 Å². The quantitative estimate of drug-likeness (QED) is 0.926. The largest absolute Gasteiger partial charge is 0.327 e. The van der Waals surface area contributed by atoms with Gasteiger partial charge in [-0.2, -0.15) is 11.8 Å². The topological polar surface area (TPSA) is 29.9 Å². The first-order valence-corrected chi connectivity index (χ1v) is 8.71. The Kier molecular flexibility index (Phi) is 4.15. The van der Waals surface area contributed by atoms with Crippen molar-refractivity contribution in [1.82, 2.24) is 14.9 Å². The molecule has 1 aliphatic heterocycles. The van der Waals surface area contributed by atoms with Crippen molar-refractivity contribution in [3.63, 3.8) is 0 Å². The molecule has 19 heavy (non-hydrogen) atoms. The predicted octanol–water partition coefficient (Wildman–Crippen LogP) is 3.59. The fraction of sp³-hybridized carbons (Fsp3) is 0.500. The van der Waals surface area contributed by atoms with E-state index < -0.39 is 0 Å². The van der Waals surface area contributed by atoms with Crippen molar-refractivity contribution in [3.05, 3.63) is 28.5 Å². The molecule has 0 saturated carbocycles. The van der Waals surface area contributed by atoms with Crippen LogP contribution in [0.1, 0.15) is 25.2 Å². The Hall–Kier alpha value is -0.520. The van der Waals surface area contributed by atoms with Gasteiger partial charge in [0.15, 0.2) is 0 Å². The highest BCUT2D eigenvalue weighted by atomic mass is 79.9. The van der Waals surface area contributed by atoms with Crippen molar-refractivity contribution in [2.45, 2.75) is 25.9 Å². The van der Waals surface area contributed by atoms with E-state index in [1.165, 1.54) is 17.1 Å². The van der Waals surface area contributed by atoms with Gasteiger partial charge in [-0.25, -0.2) is 4.98 Å². The van der Waals surface area contributed by atoms with Crippen LogP contribution in [0.25, 0.3) is 11.0 Å². The Morgan fingerprint density at radius 1 is 1.53 bits per heavy atom. The lowest BCUT2D eigenvalue weighted by molar-refractivity contribution is 0.526. The number of nitrogens with one attached hydrogen (secondary N) is 1. The molecule has 1 atom stereocenters. The average Bonchev–Trinajstić information content (AvgIpc) is 2.78. The summed E-state index contributed by atoms with van der Waals surface area (Å²) < 4.78 is 3.48. The highest BCUT2D eigenvalue weighted by Gasteiger charge is 2.22. The molecule has 5 heteroatoms. The second-order valence-electron chi connectivity index (χ2n) is 4.84. The van der Waals surface area contributed by atoms with Gasteiger partial charge in [0.2, 0.25) is 0 Å². The number of aromatic nitrogens is 2. The smallest absolute Gasteiger partial charge is 0.127 e. The number of benzene rings is 1. The highest BCUT2D eigenvalue weighted by Crippen LogP contribution is 2.27.